The van der Waals surface area contributed by atoms with Crippen LogP contribution in [0.25, 0.3) is 0 Å². The summed E-state index contributed by atoms with van der Waals surface area (Å²) in [6.45, 7) is 4.83. The second kappa shape index (κ2) is 7.76. The molecule has 0 radical (unpaired) electrons. The summed E-state index contributed by atoms with van der Waals surface area (Å²) in [5.74, 6) is 2.08. The van der Waals surface area contributed by atoms with E-state index < -0.39 is 10.0 Å². The van der Waals surface area contributed by atoms with E-state index in [-0.39, 0.29) is 0 Å². The zero-order valence-corrected chi connectivity index (χ0v) is 13.6. The fourth-order valence-corrected chi connectivity index (χ4v) is 5.07. The molecule has 0 aromatic carbocycles. The second-order valence-electron chi connectivity index (χ2n) is 6.62. The molecule has 20 heavy (non-hydrogen) atoms. The first kappa shape index (κ1) is 16.2. The van der Waals surface area contributed by atoms with Gasteiger partial charge in [-0.25, -0.2) is 13.1 Å². The molecular weight excluding hydrogens is 272 g/mol. The maximum absolute atomic E-state index is 12.1. The van der Waals surface area contributed by atoms with Crippen molar-refractivity contribution in [2.45, 2.75) is 51.9 Å². The Morgan fingerprint density at radius 3 is 2.15 bits per heavy atom. The first-order valence-corrected chi connectivity index (χ1v) is 9.92. The minimum Gasteiger partial charge on any atom is -0.317 e. The van der Waals surface area contributed by atoms with Crippen molar-refractivity contribution in [2.75, 3.05) is 25.4 Å². The summed E-state index contributed by atoms with van der Waals surface area (Å²) in [5.41, 5.74) is 0. The Morgan fingerprint density at radius 1 is 0.950 bits per heavy atom. The van der Waals surface area contributed by atoms with Crippen molar-refractivity contribution in [1.29, 1.82) is 0 Å². The SMILES string of the molecule is CCC1CCC(CNS(=O)(=O)CC2CCNCC2)CC1. The number of piperidine rings is 1. The van der Waals surface area contributed by atoms with Crippen molar-refractivity contribution in [3.05, 3.63) is 0 Å². The predicted octanol–water partition coefficient (Wildman–Crippen LogP) is 2.12. The summed E-state index contributed by atoms with van der Waals surface area (Å²) >= 11 is 0. The maximum Gasteiger partial charge on any atom is 0.211 e. The molecule has 1 saturated carbocycles. The highest BCUT2D eigenvalue weighted by Gasteiger charge is 2.24. The Labute approximate surface area is 124 Å². The molecule has 0 bridgehead atoms. The van der Waals surface area contributed by atoms with E-state index in [4.69, 9.17) is 0 Å². The van der Waals surface area contributed by atoms with E-state index in [2.05, 4.69) is 17.0 Å². The molecule has 0 aromatic heterocycles. The fraction of sp³-hybridized carbons (Fsp3) is 1.00. The normalized spacial score (nSPS) is 29.4. The topological polar surface area (TPSA) is 58.2 Å². The smallest absolute Gasteiger partial charge is 0.211 e. The van der Waals surface area contributed by atoms with Gasteiger partial charge in [0.25, 0.3) is 0 Å². The van der Waals surface area contributed by atoms with Crippen LogP contribution in [0.15, 0.2) is 0 Å². The van der Waals surface area contributed by atoms with Gasteiger partial charge in [0.15, 0.2) is 0 Å². The lowest BCUT2D eigenvalue weighted by molar-refractivity contribution is 0.270. The average Bonchev–Trinajstić information content (AvgIpc) is 2.46. The van der Waals surface area contributed by atoms with Gasteiger partial charge in [-0.3, -0.25) is 0 Å². The number of rotatable bonds is 6. The monoisotopic (exact) mass is 302 g/mol. The van der Waals surface area contributed by atoms with Crippen molar-refractivity contribution in [3.8, 4) is 0 Å². The molecule has 1 heterocycles. The molecule has 2 aliphatic rings. The lowest BCUT2D eigenvalue weighted by atomic mass is 9.81. The van der Waals surface area contributed by atoms with Gasteiger partial charge >= 0.3 is 0 Å². The first-order chi connectivity index (χ1) is 9.59. The van der Waals surface area contributed by atoms with Gasteiger partial charge in [-0.2, -0.15) is 0 Å². The molecule has 118 valence electrons. The first-order valence-electron chi connectivity index (χ1n) is 8.27. The van der Waals surface area contributed by atoms with Gasteiger partial charge in [-0.05, 0) is 56.5 Å². The third-order valence-electron chi connectivity index (χ3n) is 5.05. The molecule has 2 rings (SSSR count). The van der Waals surface area contributed by atoms with Gasteiger partial charge in [-0.15, -0.1) is 0 Å². The van der Waals surface area contributed by atoms with E-state index in [1.165, 1.54) is 32.1 Å². The molecule has 0 amide bonds. The van der Waals surface area contributed by atoms with Crippen molar-refractivity contribution < 1.29 is 8.42 Å². The van der Waals surface area contributed by atoms with Gasteiger partial charge in [-0.1, -0.05) is 26.2 Å². The van der Waals surface area contributed by atoms with E-state index in [9.17, 15) is 8.42 Å². The third kappa shape index (κ3) is 5.34. The molecule has 1 aliphatic heterocycles. The number of sulfonamides is 1. The minimum absolute atomic E-state index is 0.318. The van der Waals surface area contributed by atoms with E-state index in [1.807, 2.05) is 0 Å². The fourth-order valence-electron chi connectivity index (χ4n) is 3.51. The minimum atomic E-state index is -3.08. The number of hydrogen-bond donors (Lipinski definition) is 2. The lowest BCUT2D eigenvalue weighted by Crippen LogP contribution is -2.37. The predicted molar refractivity (Wildman–Crippen MR) is 83.1 cm³/mol. The van der Waals surface area contributed by atoms with Gasteiger partial charge in [0.05, 0.1) is 5.75 Å². The molecule has 0 spiro atoms. The zero-order valence-electron chi connectivity index (χ0n) is 12.7. The lowest BCUT2D eigenvalue weighted by Gasteiger charge is -2.28. The van der Waals surface area contributed by atoms with Crippen LogP contribution in [0.3, 0.4) is 0 Å². The summed E-state index contributed by atoms with van der Waals surface area (Å²) in [6, 6.07) is 0. The van der Waals surface area contributed by atoms with Gasteiger partial charge in [0, 0.05) is 6.54 Å². The van der Waals surface area contributed by atoms with Crippen molar-refractivity contribution in [1.82, 2.24) is 10.0 Å². The molecule has 1 aliphatic carbocycles. The van der Waals surface area contributed by atoms with Crippen molar-refractivity contribution >= 4 is 10.0 Å². The van der Waals surface area contributed by atoms with E-state index >= 15 is 0 Å². The summed E-state index contributed by atoms with van der Waals surface area (Å²) in [5, 5.41) is 3.28. The Morgan fingerprint density at radius 2 is 1.55 bits per heavy atom. The van der Waals surface area contributed by atoms with Crippen LogP contribution in [0.4, 0.5) is 0 Å². The maximum atomic E-state index is 12.1. The highest BCUT2D eigenvalue weighted by molar-refractivity contribution is 7.89. The second-order valence-corrected chi connectivity index (χ2v) is 8.47. The summed E-state index contributed by atoms with van der Waals surface area (Å²) in [4.78, 5) is 0. The summed E-state index contributed by atoms with van der Waals surface area (Å²) in [7, 11) is -3.08. The van der Waals surface area contributed by atoms with Crippen LogP contribution in [-0.2, 0) is 10.0 Å². The largest absolute Gasteiger partial charge is 0.317 e. The van der Waals surface area contributed by atoms with Crippen LogP contribution >= 0.6 is 0 Å². The van der Waals surface area contributed by atoms with E-state index in [0.717, 1.165) is 31.8 Å². The highest BCUT2D eigenvalue weighted by Crippen LogP contribution is 2.30. The average molecular weight is 302 g/mol. The third-order valence-corrected chi connectivity index (χ3v) is 6.57. The van der Waals surface area contributed by atoms with Crippen LogP contribution in [0.1, 0.15) is 51.9 Å². The van der Waals surface area contributed by atoms with Crippen LogP contribution in [0.2, 0.25) is 0 Å². The van der Waals surface area contributed by atoms with Crippen LogP contribution in [-0.4, -0.2) is 33.8 Å². The van der Waals surface area contributed by atoms with Crippen molar-refractivity contribution in [3.63, 3.8) is 0 Å². The van der Waals surface area contributed by atoms with E-state index in [1.54, 1.807) is 0 Å². The summed E-state index contributed by atoms with van der Waals surface area (Å²) in [6.07, 6.45) is 8.18. The highest BCUT2D eigenvalue weighted by atomic mass is 32.2. The Balaban J connectivity index is 1.69. The molecule has 1 saturated heterocycles. The zero-order chi connectivity index (χ0) is 14.4. The molecule has 5 heteroatoms. The van der Waals surface area contributed by atoms with Gasteiger partial charge in [0.2, 0.25) is 10.0 Å². The number of hydrogen-bond acceptors (Lipinski definition) is 3. The van der Waals surface area contributed by atoms with Crippen LogP contribution in [0, 0.1) is 17.8 Å². The molecule has 2 fully saturated rings. The Hall–Kier alpha value is -0.130. The molecular formula is C15H30N2O2S. The van der Waals surface area contributed by atoms with Crippen LogP contribution in [0.5, 0.6) is 0 Å². The quantitative estimate of drug-likeness (QED) is 0.790. The van der Waals surface area contributed by atoms with Crippen molar-refractivity contribution in [2.24, 2.45) is 17.8 Å². The summed E-state index contributed by atoms with van der Waals surface area (Å²) < 4.78 is 27.1. The molecule has 4 nitrogen and oxygen atoms in total. The molecule has 0 unspecified atom stereocenters. The standard InChI is InChI=1S/C15H30N2O2S/c1-2-13-3-5-14(6-4-13)11-17-20(18,19)12-15-7-9-16-10-8-15/h13-17H,2-12H2,1H3. The molecule has 2 N–H and O–H groups in total. The Kier molecular flexibility index (Phi) is 6.30. The Bertz CT molecular complexity index is 369. The van der Waals surface area contributed by atoms with E-state index in [0.29, 0.717) is 24.1 Å². The van der Waals surface area contributed by atoms with Gasteiger partial charge in [0.1, 0.15) is 0 Å². The molecule has 0 aromatic rings. The molecule has 0 atom stereocenters. The van der Waals surface area contributed by atoms with Crippen LogP contribution < -0.4 is 10.0 Å². The van der Waals surface area contributed by atoms with Gasteiger partial charge < -0.3 is 5.32 Å². The number of nitrogens with one attached hydrogen (secondary N) is 2.